The Labute approximate surface area is 210 Å². The first-order valence-corrected chi connectivity index (χ1v) is 12.7. The van der Waals surface area contributed by atoms with Crippen LogP contribution in [0.5, 0.6) is 0 Å². The molecule has 0 bridgehead atoms. The van der Waals surface area contributed by atoms with Crippen LogP contribution in [0.3, 0.4) is 0 Å². The second kappa shape index (κ2) is 9.57. The summed E-state index contributed by atoms with van der Waals surface area (Å²) in [6.45, 7) is 0.667. The highest BCUT2D eigenvalue weighted by molar-refractivity contribution is 8.18. The van der Waals surface area contributed by atoms with Crippen molar-refractivity contribution in [3.63, 3.8) is 0 Å². The molecule has 0 radical (unpaired) electrons. The topological polar surface area (TPSA) is 58.2 Å². The van der Waals surface area contributed by atoms with Gasteiger partial charge in [0, 0.05) is 22.4 Å². The van der Waals surface area contributed by atoms with E-state index in [1.54, 1.807) is 17.8 Å². The average Bonchev–Trinajstić information content (AvgIpc) is 3.02. The maximum Gasteiger partial charge on any atom is 0.290 e. The van der Waals surface area contributed by atoms with Gasteiger partial charge in [-0.2, -0.15) is 0 Å². The van der Waals surface area contributed by atoms with E-state index >= 15 is 0 Å². The molecule has 0 saturated carbocycles. The Kier molecular flexibility index (Phi) is 6.54. The fraction of sp³-hybridized carbons (Fsp3) is 0.120. The molecule has 0 aliphatic carbocycles. The summed E-state index contributed by atoms with van der Waals surface area (Å²) in [6, 6.07) is 20.4. The van der Waals surface area contributed by atoms with E-state index in [0.717, 1.165) is 34.2 Å². The molecular weight excluding hydrogens is 495 g/mol. The number of thioether (sulfide) groups is 1. The number of carbonyl (C=O) groups is 2. The van der Waals surface area contributed by atoms with Crippen molar-refractivity contribution in [1.29, 1.82) is 0 Å². The Morgan fingerprint density at radius 1 is 0.970 bits per heavy atom. The molecule has 33 heavy (non-hydrogen) atoms. The number of imide groups is 1. The molecule has 2 aliphatic heterocycles. The third-order valence-corrected chi connectivity index (χ3v) is 8.25. The Hall–Kier alpha value is -2.22. The second-order valence-corrected chi connectivity index (χ2v) is 10.7. The molecule has 1 atom stereocenters. The van der Waals surface area contributed by atoms with Crippen LogP contribution in [-0.2, 0) is 17.8 Å². The molecule has 2 aliphatic rings. The maximum absolute atomic E-state index is 11.9. The summed E-state index contributed by atoms with van der Waals surface area (Å²) in [7, 11) is 0. The van der Waals surface area contributed by atoms with Crippen LogP contribution in [0.25, 0.3) is 6.08 Å². The summed E-state index contributed by atoms with van der Waals surface area (Å²) in [6.07, 6.45) is 2.59. The van der Waals surface area contributed by atoms with Gasteiger partial charge in [0.1, 0.15) is 0 Å². The standard InChI is InChI=1S/C25H18Cl2N2O2S2/c26-18-8-6-15(9-19(18)27)13-28-20-12-16-7-5-14(11-23-24(30)29-25(31)33-23)10-22(16)32-21-4-2-1-3-17(20)21/h1-11,20,28H,12-13H2,(H,29,30,31)/b23-11-. The molecule has 3 aromatic carbocycles. The van der Waals surface area contributed by atoms with Gasteiger partial charge in [0.05, 0.1) is 15.0 Å². The SMILES string of the molecule is O=C1NC(=O)/C(=C/c2ccc3c(c2)Sc2ccccc2C(NCc2ccc(Cl)c(Cl)c2)C3)S1. The maximum atomic E-state index is 11.9. The first-order chi connectivity index (χ1) is 16.0. The summed E-state index contributed by atoms with van der Waals surface area (Å²) < 4.78 is 0. The first-order valence-electron chi connectivity index (χ1n) is 10.3. The zero-order valence-electron chi connectivity index (χ0n) is 17.2. The average molecular weight is 513 g/mol. The van der Waals surface area contributed by atoms with Gasteiger partial charge >= 0.3 is 0 Å². The minimum Gasteiger partial charge on any atom is -0.306 e. The predicted octanol–water partition coefficient (Wildman–Crippen LogP) is 6.86. The molecule has 8 heteroatoms. The number of fused-ring (bicyclic) bond motifs is 2. The summed E-state index contributed by atoms with van der Waals surface area (Å²) in [4.78, 5) is 26.1. The van der Waals surface area contributed by atoms with Crippen molar-refractivity contribution < 1.29 is 9.59 Å². The highest BCUT2D eigenvalue weighted by Gasteiger charge is 2.26. The number of carbonyl (C=O) groups excluding carboxylic acids is 2. The van der Waals surface area contributed by atoms with Crippen LogP contribution in [0.4, 0.5) is 4.79 Å². The molecule has 0 aromatic heterocycles. The lowest BCUT2D eigenvalue weighted by Crippen LogP contribution is -2.23. The van der Waals surface area contributed by atoms with Crippen molar-refractivity contribution in [3.05, 3.63) is 97.9 Å². The number of hydrogen-bond donors (Lipinski definition) is 2. The van der Waals surface area contributed by atoms with Gasteiger partial charge in [0.25, 0.3) is 11.1 Å². The van der Waals surface area contributed by atoms with Gasteiger partial charge in [0.2, 0.25) is 0 Å². The number of benzene rings is 3. The van der Waals surface area contributed by atoms with Gasteiger partial charge in [-0.05, 0) is 70.8 Å². The Morgan fingerprint density at radius 2 is 1.82 bits per heavy atom. The van der Waals surface area contributed by atoms with Crippen molar-refractivity contribution in [2.75, 3.05) is 0 Å². The number of halogens is 2. The van der Waals surface area contributed by atoms with E-state index in [-0.39, 0.29) is 17.2 Å². The molecule has 166 valence electrons. The third-order valence-electron chi connectivity index (χ3n) is 5.51. The highest BCUT2D eigenvalue weighted by atomic mass is 35.5. The summed E-state index contributed by atoms with van der Waals surface area (Å²) in [5, 5.41) is 6.75. The van der Waals surface area contributed by atoms with Crippen LogP contribution in [0.1, 0.15) is 28.3 Å². The smallest absolute Gasteiger partial charge is 0.290 e. The fourth-order valence-corrected chi connectivity index (χ4v) is 6.07. The monoisotopic (exact) mass is 512 g/mol. The lowest BCUT2D eigenvalue weighted by atomic mass is 9.97. The highest BCUT2D eigenvalue weighted by Crippen LogP contribution is 2.41. The lowest BCUT2D eigenvalue weighted by Gasteiger charge is -2.20. The number of amides is 2. The molecule has 1 saturated heterocycles. The third kappa shape index (κ3) is 5.00. The Balaban J connectivity index is 1.43. The van der Waals surface area contributed by atoms with Gasteiger partial charge in [0.15, 0.2) is 0 Å². The molecule has 2 N–H and O–H groups in total. The fourth-order valence-electron chi connectivity index (χ4n) is 3.88. The van der Waals surface area contributed by atoms with Gasteiger partial charge in [-0.15, -0.1) is 0 Å². The van der Waals surface area contributed by atoms with E-state index < -0.39 is 0 Å². The van der Waals surface area contributed by atoms with Crippen molar-refractivity contribution in [1.82, 2.24) is 10.6 Å². The van der Waals surface area contributed by atoms with Gasteiger partial charge in [-0.25, -0.2) is 0 Å². The molecular formula is C25H18Cl2N2O2S2. The molecule has 1 fully saturated rings. The molecule has 2 heterocycles. The van der Waals surface area contributed by atoms with Crippen LogP contribution in [0.15, 0.2) is 75.4 Å². The Morgan fingerprint density at radius 3 is 2.61 bits per heavy atom. The van der Waals surface area contributed by atoms with E-state index in [2.05, 4.69) is 41.0 Å². The summed E-state index contributed by atoms with van der Waals surface area (Å²) >= 11 is 14.9. The minimum absolute atomic E-state index is 0.127. The van der Waals surface area contributed by atoms with E-state index in [1.807, 2.05) is 30.3 Å². The number of nitrogens with one attached hydrogen (secondary N) is 2. The molecule has 5 rings (SSSR count). The second-order valence-electron chi connectivity index (χ2n) is 7.75. The van der Waals surface area contributed by atoms with E-state index in [1.165, 1.54) is 16.0 Å². The predicted molar refractivity (Wildman–Crippen MR) is 136 cm³/mol. The van der Waals surface area contributed by atoms with Gasteiger partial charge in [-0.1, -0.05) is 71.4 Å². The van der Waals surface area contributed by atoms with Gasteiger partial charge in [-0.3, -0.25) is 14.9 Å². The quantitative estimate of drug-likeness (QED) is 0.374. The van der Waals surface area contributed by atoms with Crippen molar-refractivity contribution in [3.8, 4) is 0 Å². The van der Waals surface area contributed by atoms with Crippen molar-refractivity contribution in [2.24, 2.45) is 0 Å². The van der Waals surface area contributed by atoms with Crippen LogP contribution in [0.2, 0.25) is 10.0 Å². The molecule has 3 aromatic rings. The normalized spacial score (nSPS) is 18.6. The number of rotatable bonds is 4. The molecule has 2 amide bonds. The van der Waals surface area contributed by atoms with Crippen LogP contribution < -0.4 is 10.6 Å². The van der Waals surface area contributed by atoms with Crippen LogP contribution in [0, 0.1) is 0 Å². The van der Waals surface area contributed by atoms with Gasteiger partial charge < -0.3 is 5.32 Å². The number of hydrogen-bond acceptors (Lipinski definition) is 5. The first kappa shape index (κ1) is 22.6. The molecule has 0 spiro atoms. The molecule has 1 unspecified atom stereocenters. The summed E-state index contributed by atoms with van der Waals surface area (Å²) in [5.74, 6) is -0.343. The van der Waals surface area contributed by atoms with E-state index in [0.29, 0.717) is 21.5 Å². The van der Waals surface area contributed by atoms with E-state index in [9.17, 15) is 9.59 Å². The van der Waals surface area contributed by atoms with E-state index in [4.69, 9.17) is 23.2 Å². The van der Waals surface area contributed by atoms with Crippen LogP contribution >= 0.6 is 46.7 Å². The summed E-state index contributed by atoms with van der Waals surface area (Å²) in [5.41, 5.74) is 4.44. The lowest BCUT2D eigenvalue weighted by molar-refractivity contribution is -0.115. The Bertz CT molecular complexity index is 1310. The largest absolute Gasteiger partial charge is 0.306 e. The van der Waals surface area contributed by atoms with Crippen molar-refractivity contribution >= 4 is 63.9 Å². The molecule has 4 nitrogen and oxygen atoms in total. The van der Waals surface area contributed by atoms with Crippen molar-refractivity contribution in [2.45, 2.75) is 28.8 Å². The van der Waals surface area contributed by atoms with Crippen LogP contribution in [-0.4, -0.2) is 11.1 Å². The minimum atomic E-state index is -0.343. The zero-order chi connectivity index (χ0) is 22.9. The zero-order valence-corrected chi connectivity index (χ0v) is 20.4.